The van der Waals surface area contributed by atoms with Crippen LogP contribution in [0.3, 0.4) is 0 Å². The van der Waals surface area contributed by atoms with Crippen LogP contribution < -0.4 is 10.2 Å². The van der Waals surface area contributed by atoms with Crippen molar-refractivity contribution in [1.82, 2.24) is 5.32 Å². The minimum absolute atomic E-state index is 0.299. The normalized spacial score (nSPS) is 23.1. The Labute approximate surface area is 130 Å². The molecule has 2 rings (SSSR count). The van der Waals surface area contributed by atoms with Crippen LogP contribution in [0.4, 0.5) is 5.69 Å². The summed E-state index contributed by atoms with van der Waals surface area (Å²) in [6.07, 6.45) is 1.41. The van der Waals surface area contributed by atoms with E-state index in [0.29, 0.717) is 12.1 Å². The van der Waals surface area contributed by atoms with Crippen molar-refractivity contribution in [2.45, 2.75) is 45.9 Å². The molecular weight excluding hydrogens is 316 g/mol. The molecule has 112 valence electrons. The van der Waals surface area contributed by atoms with Gasteiger partial charge in [-0.25, -0.2) is 0 Å². The highest BCUT2D eigenvalue weighted by atomic mass is 79.9. The molecule has 0 saturated carbocycles. The molecule has 0 radical (unpaired) electrons. The molecule has 0 spiro atoms. The summed E-state index contributed by atoms with van der Waals surface area (Å²) in [5.41, 5.74) is 2.70. The molecule has 1 aromatic carbocycles. The Morgan fingerprint density at radius 1 is 1.40 bits per heavy atom. The summed E-state index contributed by atoms with van der Waals surface area (Å²) in [4.78, 5) is 2.52. The third kappa shape index (κ3) is 3.74. The maximum atomic E-state index is 5.81. The third-order valence-electron chi connectivity index (χ3n) is 3.86. The van der Waals surface area contributed by atoms with Gasteiger partial charge in [-0.2, -0.15) is 0 Å². The van der Waals surface area contributed by atoms with Crippen LogP contribution in [0.2, 0.25) is 0 Å². The van der Waals surface area contributed by atoms with Gasteiger partial charge in [0.2, 0.25) is 0 Å². The monoisotopic (exact) mass is 340 g/mol. The zero-order valence-electron chi connectivity index (χ0n) is 12.7. The van der Waals surface area contributed by atoms with Gasteiger partial charge in [-0.05, 0) is 43.7 Å². The maximum absolute atomic E-state index is 5.81. The topological polar surface area (TPSA) is 24.5 Å². The van der Waals surface area contributed by atoms with E-state index in [1.807, 2.05) is 0 Å². The van der Waals surface area contributed by atoms with Crippen molar-refractivity contribution in [2.24, 2.45) is 0 Å². The minimum atomic E-state index is 0.299. The number of halogens is 1. The van der Waals surface area contributed by atoms with Crippen LogP contribution in [0.25, 0.3) is 0 Å². The van der Waals surface area contributed by atoms with E-state index in [9.17, 15) is 0 Å². The highest BCUT2D eigenvalue weighted by Gasteiger charge is 2.27. The number of anilines is 1. The molecule has 1 fully saturated rings. The quantitative estimate of drug-likeness (QED) is 0.886. The third-order valence-corrected chi connectivity index (χ3v) is 4.35. The summed E-state index contributed by atoms with van der Waals surface area (Å²) in [6, 6.07) is 7.08. The second-order valence-electron chi connectivity index (χ2n) is 5.41. The van der Waals surface area contributed by atoms with Crippen LogP contribution in [-0.2, 0) is 11.3 Å². The van der Waals surface area contributed by atoms with Gasteiger partial charge in [0, 0.05) is 23.2 Å². The van der Waals surface area contributed by atoms with E-state index in [0.717, 1.165) is 37.1 Å². The zero-order valence-corrected chi connectivity index (χ0v) is 14.2. The van der Waals surface area contributed by atoms with Crippen LogP contribution in [0.5, 0.6) is 0 Å². The maximum Gasteiger partial charge on any atom is 0.0723 e. The van der Waals surface area contributed by atoms with Crippen molar-refractivity contribution in [3.63, 3.8) is 0 Å². The van der Waals surface area contributed by atoms with E-state index in [4.69, 9.17) is 4.74 Å². The number of ether oxygens (including phenoxy) is 1. The van der Waals surface area contributed by atoms with Crippen molar-refractivity contribution in [3.05, 3.63) is 28.2 Å². The molecule has 1 N–H and O–H groups in total. The molecule has 0 amide bonds. The number of morpholine rings is 1. The second-order valence-corrected chi connectivity index (χ2v) is 6.33. The minimum Gasteiger partial charge on any atom is -0.375 e. The fourth-order valence-corrected chi connectivity index (χ4v) is 3.12. The predicted molar refractivity (Wildman–Crippen MR) is 88.4 cm³/mol. The van der Waals surface area contributed by atoms with Crippen LogP contribution in [-0.4, -0.2) is 31.8 Å². The molecule has 1 heterocycles. The van der Waals surface area contributed by atoms with E-state index in [2.05, 4.69) is 65.1 Å². The molecule has 2 unspecified atom stereocenters. The molecule has 0 bridgehead atoms. The predicted octanol–water partition coefficient (Wildman–Crippen LogP) is 3.56. The molecule has 0 aliphatic carbocycles. The Morgan fingerprint density at radius 3 is 2.90 bits per heavy atom. The molecule has 1 saturated heterocycles. The van der Waals surface area contributed by atoms with Gasteiger partial charge in [0.25, 0.3) is 0 Å². The molecule has 3 nitrogen and oxygen atoms in total. The van der Waals surface area contributed by atoms with Gasteiger partial charge >= 0.3 is 0 Å². The highest BCUT2D eigenvalue weighted by Crippen LogP contribution is 2.29. The average molecular weight is 341 g/mol. The molecule has 1 aliphatic rings. The number of hydrogen-bond donors (Lipinski definition) is 1. The summed E-state index contributed by atoms with van der Waals surface area (Å²) < 4.78 is 6.95. The van der Waals surface area contributed by atoms with Crippen molar-refractivity contribution >= 4 is 21.6 Å². The van der Waals surface area contributed by atoms with E-state index >= 15 is 0 Å². The van der Waals surface area contributed by atoms with E-state index < -0.39 is 0 Å². The SMILES string of the molecule is CCNCc1cc(Br)ccc1N1CC(C)OCC1CC. The van der Waals surface area contributed by atoms with Crippen molar-refractivity contribution in [3.8, 4) is 0 Å². The van der Waals surface area contributed by atoms with Crippen LogP contribution in [0.1, 0.15) is 32.8 Å². The number of benzene rings is 1. The number of rotatable bonds is 5. The Kier molecular flexibility index (Phi) is 5.87. The van der Waals surface area contributed by atoms with Crippen molar-refractivity contribution < 1.29 is 4.74 Å². The number of nitrogens with one attached hydrogen (secondary N) is 1. The zero-order chi connectivity index (χ0) is 14.5. The molecule has 20 heavy (non-hydrogen) atoms. The molecule has 1 aromatic rings. The van der Waals surface area contributed by atoms with Crippen LogP contribution in [0, 0.1) is 0 Å². The van der Waals surface area contributed by atoms with Gasteiger partial charge in [0.15, 0.2) is 0 Å². The summed E-state index contributed by atoms with van der Waals surface area (Å²) in [6.45, 7) is 10.2. The van der Waals surface area contributed by atoms with Gasteiger partial charge in [-0.3, -0.25) is 0 Å². The first-order valence-electron chi connectivity index (χ1n) is 7.53. The lowest BCUT2D eigenvalue weighted by molar-refractivity contribution is 0.0299. The van der Waals surface area contributed by atoms with E-state index in [1.165, 1.54) is 11.3 Å². The van der Waals surface area contributed by atoms with E-state index in [-0.39, 0.29) is 0 Å². The standard InChI is InChI=1S/C16H25BrN2O/c1-4-15-11-20-12(3)10-19(15)16-7-6-14(17)8-13(16)9-18-5-2/h6-8,12,15,18H,4-5,9-11H2,1-3H3. The largest absolute Gasteiger partial charge is 0.375 e. The highest BCUT2D eigenvalue weighted by molar-refractivity contribution is 9.10. The Hall–Kier alpha value is -0.580. The first kappa shape index (κ1) is 15.8. The first-order valence-corrected chi connectivity index (χ1v) is 8.32. The molecular formula is C16H25BrN2O. The Balaban J connectivity index is 2.28. The van der Waals surface area contributed by atoms with Crippen LogP contribution >= 0.6 is 15.9 Å². The lowest BCUT2D eigenvalue weighted by Crippen LogP contribution is -2.49. The van der Waals surface area contributed by atoms with Gasteiger partial charge < -0.3 is 15.0 Å². The number of nitrogens with zero attached hydrogens (tertiary/aromatic N) is 1. The average Bonchev–Trinajstić information content (AvgIpc) is 2.45. The van der Waals surface area contributed by atoms with Crippen LogP contribution in [0.15, 0.2) is 22.7 Å². The fourth-order valence-electron chi connectivity index (χ4n) is 2.71. The lowest BCUT2D eigenvalue weighted by Gasteiger charge is -2.41. The van der Waals surface area contributed by atoms with Gasteiger partial charge in [-0.1, -0.05) is 29.8 Å². The van der Waals surface area contributed by atoms with Crippen molar-refractivity contribution in [2.75, 3.05) is 24.6 Å². The summed E-state index contributed by atoms with van der Waals surface area (Å²) in [5, 5.41) is 3.44. The smallest absolute Gasteiger partial charge is 0.0723 e. The van der Waals surface area contributed by atoms with Gasteiger partial charge in [0.1, 0.15) is 0 Å². The molecule has 2 atom stereocenters. The summed E-state index contributed by atoms with van der Waals surface area (Å²) in [5.74, 6) is 0. The second kappa shape index (κ2) is 7.43. The van der Waals surface area contributed by atoms with Gasteiger partial charge in [0.05, 0.1) is 18.8 Å². The molecule has 0 aromatic heterocycles. The Bertz CT molecular complexity index is 438. The first-order chi connectivity index (χ1) is 9.65. The lowest BCUT2D eigenvalue weighted by atomic mass is 10.1. The van der Waals surface area contributed by atoms with E-state index in [1.54, 1.807) is 0 Å². The molecule has 1 aliphatic heterocycles. The summed E-state index contributed by atoms with van der Waals surface area (Å²) >= 11 is 3.59. The van der Waals surface area contributed by atoms with Gasteiger partial charge in [-0.15, -0.1) is 0 Å². The Morgan fingerprint density at radius 2 is 2.20 bits per heavy atom. The fraction of sp³-hybridized carbons (Fsp3) is 0.625. The number of hydrogen-bond acceptors (Lipinski definition) is 3. The molecule has 4 heteroatoms. The summed E-state index contributed by atoms with van der Waals surface area (Å²) in [7, 11) is 0. The van der Waals surface area contributed by atoms with Crippen molar-refractivity contribution in [1.29, 1.82) is 0 Å².